The lowest BCUT2D eigenvalue weighted by Gasteiger charge is -2.25. The van der Waals surface area contributed by atoms with Crippen molar-refractivity contribution in [3.8, 4) is 0 Å². The van der Waals surface area contributed by atoms with Crippen LogP contribution in [0.1, 0.15) is 29.6 Å². The number of rotatable bonds is 7. The summed E-state index contributed by atoms with van der Waals surface area (Å²) in [6, 6.07) is 14.3. The normalized spacial score (nSPS) is 14.9. The molecule has 2 N–H and O–H groups in total. The molecule has 12 heteroatoms. The van der Waals surface area contributed by atoms with Crippen LogP contribution in [0.3, 0.4) is 0 Å². The molecule has 0 spiro atoms. The fourth-order valence-corrected chi connectivity index (χ4v) is 6.31. The molecule has 1 fully saturated rings. The Labute approximate surface area is 209 Å². The molecule has 0 saturated carbocycles. The summed E-state index contributed by atoms with van der Waals surface area (Å²) in [6.07, 6.45) is 4.05. The summed E-state index contributed by atoms with van der Waals surface area (Å²) < 4.78 is 54.9. The van der Waals surface area contributed by atoms with Crippen molar-refractivity contribution in [3.63, 3.8) is 0 Å². The minimum Gasteiger partial charge on any atom is -0.322 e. The van der Waals surface area contributed by atoms with Gasteiger partial charge in [0, 0.05) is 30.0 Å². The first kappa shape index (κ1) is 25.1. The molecular formula is C23H23ClN4O5S2. The van der Waals surface area contributed by atoms with Crippen molar-refractivity contribution < 1.29 is 21.6 Å². The molecule has 35 heavy (non-hydrogen) atoms. The molecule has 1 aliphatic heterocycles. The van der Waals surface area contributed by atoms with Crippen molar-refractivity contribution >= 4 is 49.1 Å². The van der Waals surface area contributed by atoms with Crippen LogP contribution in [0, 0.1) is 0 Å². The molecule has 0 atom stereocenters. The Morgan fingerprint density at radius 2 is 1.49 bits per heavy atom. The van der Waals surface area contributed by atoms with E-state index in [1.807, 2.05) is 0 Å². The van der Waals surface area contributed by atoms with E-state index in [0.29, 0.717) is 23.8 Å². The van der Waals surface area contributed by atoms with Gasteiger partial charge in [0.25, 0.3) is 15.9 Å². The van der Waals surface area contributed by atoms with Crippen LogP contribution < -0.4 is 10.0 Å². The largest absolute Gasteiger partial charge is 0.322 e. The van der Waals surface area contributed by atoms with Gasteiger partial charge in [-0.2, -0.15) is 4.31 Å². The van der Waals surface area contributed by atoms with Gasteiger partial charge < -0.3 is 5.32 Å². The smallest absolute Gasteiger partial charge is 0.263 e. The first-order valence-electron chi connectivity index (χ1n) is 10.8. The van der Waals surface area contributed by atoms with Crippen LogP contribution in [0.5, 0.6) is 0 Å². The summed E-state index contributed by atoms with van der Waals surface area (Å²) in [5.74, 6) is -0.761. The molecule has 0 bridgehead atoms. The second kappa shape index (κ2) is 10.3. The van der Waals surface area contributed by atoms with Gasteiger partial charge in [0.05, 0.1) is 15.4 Å². The monoisotopic (exact) mass is 534 g/mol. The zero-order valence-electron chi connectivity index (χ0n) is 18.5. The Balaban J connectivity index is 1.50. The minimum atomic E-state index is -4.01. The lowest BCUT2D eigenvalue weighted by atomic mass is 10.2. The van der Waals surface area contributed by atoms with E-state index < -0.39 is 26.0 Å². The molecule has 2 heterocycles. The van der Waals surface area contributed by atoms with E-state index in [1.54, 1.807) is 0 Å². The summed E-state index contributed by atoms with van der Waals surface area (Å²) in [5.41, 5.74) is 0.345. The molecule has 3 aromatic rings. The van der Waals surface area contributed by atoms with E-state index in [1.165, 1.54) is 71.2 Å². The number of piperidine rings is 1. The molecule has 0 radical (unpaired) electrons. The molecule has 1 saturated heterocycles. The highest BCUT2D eigenvalue weighted by atomic mass is 35.5. The summed E-state index contributed by atoms with van der Waals surface area (Å²) in [5, 5.41) is 3.04. The number of benzene rings is 2. The van der Waals surface area contributed by atoms with Gasteiger partial charge in [-0.25, -0.2) is 21.8 Å². The average Bonchev–Trinajstić information content (AvgIpc) is 2.85. The van der Waals surface area contributed by atoms with E-state index in [-0.39, 0.29) is 21.2 Å². The summed E-state index contributed by atoms with van der Waals surface area (Å²) >= 11 is 5.82. The van der Waals surface area contributed by atoms with Crippen LogP contribution in [0.2, 0.25) is 5.02 Å². The number of hydrogen-bond acceptors (Lipinski definition) is 6. The van der Waals surface area contributed by atoms with Gasteiger partial charge in [-0.05, 0) is 73.5 Å². The first-order chi connectivity index (χ1) is 16.7. The van der Waals surface area contributed by atoms with E-state index in [9.17, 15) is 21.6 Å². The topological polar surface area (TPSA) is 126 Å². The van der Waals surface area contributed by atoms with Crippen molar-refractivity contribution in [3.05, 3.63) is 77.4 Å². The summed E-state index contributed by atoms with van der Waals surface area (Å²) in [6.45, 7) is 0.993. The van der Waals surface area contributed by atoms with E-state index in [4.69, 9.17) is 11.6 Å². The SMILES string of the molecule is O=C(Nc1ccc(S(=O)(=O)N2CCCCC2)cc1)c1cccnc1NS(=O)(=O)c1ccc(Cl)cc1. The van der Waals surface area contributed by atoms with Crippen molar-refractivity contribution in [2.24, 2.45) is 0 Å². The molecule has 4 rings (SSSR count). The van der Waals surface area contributed by atoms with Crippen LogP contribution >= 0.6 is 11.6 Å². The van der Waals surface area contributed by atoms with Gasteiger partial charge in [0.15, 0.2) is 5.82 Å². The second-order valence-electron chi connectivity index (χ2n) is 7.90. The van der Waals surface area contributed by atoms with Crippen LogP contribution in [0.25, 0.3) is 0 Å². The van der Waals surface area contributed by atoms with Crippen molar-refractivity contribution in [2.45, 2.75) is 29.1 Å². The summed E-state index contributed by atoms with van der Waals surface area (Å²) in [4.78, 5) is 17.0. The van der Waals surface area contributed by atoms with Gasteiger partial charge in [-0.3, -0.25) is 9.52 Å². The van der Waals surface area contributed by atoms with Gasteiger partial charge >= 0.3 is 0 Å². The van der Waals surface area contributed by atoms with E-state index in [2.05, 4.69) is 15.0 Å². The Hall–Kier alpha value is -2.99. The van der Waals surface area contributed by atoms with Crippen LogP contribution in [-0.2, 0) is 20.0 Å². The highest BCUT2D eigenvalue weighted by Crippen LogP contribution is 2.24. The predicted molar refractivity (Wildman–Crippen MR) is 134 cm³/mol. The number of sulfonamides is 2. The third-order valence-corrected chi connectivity index (χ3v) is 8.99. The number of nitrogens with zero attached hydrogens (tertiary/aromatic N) is 2. The number of anilines is 2. The maximum atomic E-state index is 12.9. The average molecular weight is 535 g/mol. The molecule has 1 aliphatic rings. The quantitative estimate of drug-likeness (QED) is 0.472. The lowest BCUT2D eigenvalue weighted by molar-refractivity contribution is 0.102. The molecule has 184 valence electrons. The number of pyridine rings is 1. The van der Waals surface area contributed by atoms with Gasteiger partial charge in [0.1, 0.15) is 0 Å². The Bertz CT molecular complexity index is 1420. The molecular weight excluding hydrogens is 512 g/mol. The molecule has 0 unspecified atom stereocenters. The Morgan fingerprint density at radius 1 is 0.857 bits per heavy atom. The number of hydrogen-bond donors (Lipinski definition) is 2. The molecule has 0 aliphatic carbocycles. The van der Waals surface area contributed by atoms with Gasteiger partial charge in [0.2, 0.25) is 10.0 Å². The fourth-order valence-electron chi connectivity index (χ4n) is 3.63. The summed E-state index contributed by atoms with van der Waals surface area (Å²) in [7, 11) is -7.60. The highest BCUT2D eigenvalue weighted by molar-refractivity contribution is 7.92. The van der Waals surface area contributed by atoms with E-state index >= 15 is 0 Å². The standard InChI is InChI=1S/C23H23ClN4O5S2/c24-17-6-10-19(11-7-17)34(30,31)27-22-21(5-4-14-25-22)23(29)26-18-8-12-20(13-9-18)35(32,33)28-15-2-1-3-16-28/h4-14H,1-3,15-16H2,(H,25,27)(H,26,29). The Kier molecular flexibility index (Phi) is 7.41. The number of carbonyl (C=O) groups excluding carboxylic acids is 1. The third-order valence-electron chi connectivity index (χ3n) is 5.47. The van der Waals surface area contributed by atoms with Gasteiger partial charge in [-0.1, -0.05) is 18.0 Å². The molecule has 1 aromatic heterocycles. The molecule has 9 nitrogen and oxygen atoms in total. The third kappa shape index (κ3) is 5.81. The minimum absolute atomic E-state index is 0.00458. The van der Waals surface area contributed by atoms with Crippen LogP contribution in [-0.4, -0.2) is 45.1 Å². The fraction of sp³-hybridized carbons (Fsp3) is 0.217. The number of halogens is 1. The number of amides is 1. The van der Waals surface area contributed by atoms with E-state index in [0.717, 1.165) is 19.3 Å². The van der Waals surface area contributed by atoms with Crippen molar-refractivity contribution in [1.82, 2.24) is 9.29 Å². The second-order valence-corrected chi connectivity index (χ2v) is 12.0. The maximum absolute atomic E-state index is 12.9. The number of nitrogens with one attached hydrogen (secondary N) is 2. The highest BCUT2D eigenvalue weighted by Gasteiger charge is 2.26. The first-order valence-corrected chi connectivity index (χ1v) is 14.1. The predicted octanol–water partition coefficient (Wildman–Crippen LogP) is 3.96. The maximum Gasteiger partial charge on any atom is 0.263 e. The zero-order chi connectivity index (χ0) is 25.1. The molecule has 1 amide bonds. The van der Waals surface area contributed by atoms with Crippen molar-refractivity contribution in [1.29, 1.82) is 0 Å². The number of carbonyl (C=O) groups is 1. The Morgan fingerprint density at radius 3 is 2.14 bits per heavy atom. The zero-order valence-corrected chi connectivity index (χ0v) is 20.9. The number of aromatic nitrogens is 1. The van der Waals surface area contributed by atoms with Crippen LogP contribution in [0.15, 0.2) is 76.7 Å². The van der Waals surface area contributed by atoms with Crippen LogP contribution in [0.4, 0.5) is 11.5 Å². The lowest BCUT2D eigenvalue weighted by Crippen LogP contribution is -2.35. The molecule has 2 aromatic carbocycles. The van der Waals surface area contributed by atoms with Crippen molar-refractivity contribution in [2.75, 3.05) is 23.1 Å². The van der Waals surface area contributed by atoms with Gasteiger partial charge in [-0.15, -0.1) is 0 Å².